The van der Waals surface area contributed by atoms with Crippen molar-refractivity contribution >= 4 is 5.84 Å². The van der Waals surface area contributed by atoms with Crippen molar-refractivity contribution in [3.05, 3.63) is 30.8 Å². The molecule has 0 aromatic heterocycles. The van der Waals surface area contributed by atoms with Crippen molar-refractivity contribution < 1.29 is 0 Å². The maximum absolute atomic E-state index is 4.24. The van der Waals surface area contributed by atoms with Crippen LogP contribution in [0.1, 0.15) is 0 Å². The number of amidine groups is 1. The lowest BCUT2D eigenvalue weighted by Crippen LogP contribution is -2.31. The van der Waals surface area contributed by atoms with Gasteiger partial charge < -0.3 is 4.90 Å². The van der Waals surface area contributed by atoms with Crippen molar-refractivity contribution in [1.82, 2.24) is 4.90 Å². The standard InChI is InChI=1S/C8H8N2/c1-2-6-10-7-3-5-9-8(10)4-1/h1-2,4,6H,5,7H2. The average molecular weight is 132 g/mol. The molecule has 0 bridgehead atoms. The van der Waals surface area contributed by atoms with E-state index in [-0.39, 0.29) is 0 Å². The average Bonchev–Trinajstić information content (AvgIpc) is 2.05. The van der Waals surface area contributed by atoms with Gasteiger partial charge in [0.2, 0.25) is 0 Å². The maximum Gasteiger partial charge on any atom is 0.127 e. The number of rotatable bonds is 0. The molecule has 0 saturated heterocycles. The Bertz CT molecular complexity index is 213. The number of fused-ring (bicyclic) bond motifs is 1. The summed E-state index contributed by atoms with van der Waals surface area (Å²) in [6.45, 7) is 1.61. The van der Waals surface area contributed by atoms with Crippen LogP contribution >= 0.6 is 0 Å². The Morgan fingerprint density at radius 2 is 2.50 bits per heavy atom. The minimum absolute atomic E-state index is 0.740. The molecule has 2 aliphatic heterocycles. The topological polar surface area (TPSA) is 15.6 Å². The predicted octanol–water partition coefficient (Wildman–Crippen LogP) is 0.865. The van der Waals surface area contributed by atoms with Crippen molar-refractivity contribution in [3.8, 4) is 0 Å². The van der Waals surface area contributed by atoms with E-state index in [1.807, 2.05) is 24.4 Å². The molecular formula is C8H8N2. The van der Waals surface area contributed by atoms with E-state index in [1.165, 1.54) is 0 Å². The van der Waals surface area contributed by atoms with E-state index in [4.69, 9.17) is 0 Å². The molecule has 0 fully saturated rings. The fourth-order valence-electron chi connectivity index (χ4n) is 1.05. The second-order valence-corrected chi connectivity index (χ2v) is 2.25. The molecule has 0 unspecified atom stereocenters. The van der Waals surface area contributed by atoms with Crippen LogP contribution in [-0.4, -0.2) is 23.8 Å². The first-order chi connectivity index (χ1) is 4.97. The van der Waals surface area contributed by atoms with Crippen LogP contribution in [-0.2, 0) is 0 Å². The maximum atomic E-state index is 4.24. The van der Waals surface area contributed by atoms with E-state index >= 15 is 0 Å². The molecule has 2 radical (unpaired) electrons. The fourth-order valence-corrected chi connectivity index (χ4v) is 1.05. The highest BCUT2D eigenvalue weighted by Crippen LogP contribution is 2.07. The molecule has 0 saturated carbocycles. The summed E-state index contributed by atoms with van der Waals surface area (Å²) in [7, 11) is 0. The van der Waals surface area contributed by atoms with Crippen molar-refractivity contribution in [2.75, 3.05) is 13.1 Å². The van der Waals surface area contributed by atoms with Gasteiger partial charge in [0.15, 0.2) is 0 Å². The predicted molar refractivity (Wildman–Crippen MR) is 40.5 cm³/mol. The number of hydrogen-bond donors (Lipinski definition) is 0. The van der Waals surface area contributed by atoms with E-state index in [2.05, 4.69) is 16.3 Å². The van der Waals surface area contributed by atoms with Gasteiger partial charge in [-0.2, -0.15) is 0 Å². The van der Waals surface area contributed by atoms with Gasteiger partial charge >= 0.3 is 0 Å². The molecule has 0 aromatic carbocycles. The molecule has 0 aromatic rings. The lowest BCUT2D eigenvalue weighted by molar-refractivity contribution is 0.573. The van der Waals surface area contributed by atoms with Crippen molar-refractivity contribution in [2.45, 2.75) is 0 Å². The fraction of sp³-hybridized carbons (Fsp3) is 0.250. The number of allylic oxidation sites excluding steroid dienone is 2. The quantitative estimate of drug-likeness (QED) is 0.477. The van der Waals surface area contributed by atoms with E-state index in [1.54, 1.807) is 0 Å². The lowest BCUT2D eigenvalue weighted by Gasteiger charge is -2.24. The van der Waals surface area contributed by atoms with Crippen LogP contribution in [0.25, 0.3) is 0 Å². The summed E-state index contributed by atoms with van der Waals surface area (Å²) in [5, 5.41) is 0. The van der Waals surface area contributed by atoms with Gasteiger partial charge in [-0.3, -0.25) is 4.99 Å². The van der Waals surface area contributed by atoms with E-state index in [0.29, 0.717) is 0 Å². The number of nitrogens with zero attached hydrogens (tertiary/aromatic N) is 2. The van der Waals surface area contributed by atoms with Gasteiger partial charge in [0.05, 0.1) is 6.54 Å². The van der Waals surface area contributed by atoms with E-state index in [0.717, 1.165) is 18.9 Å². The molecule has 0 spiro atoms. The van der Waals surface area contributed by atoms with Gasteiger partial charge in [-0.15, -0.1) is 0 Å². The molecule has 0 atom stereocenters. The summed E-state index contributed by atoms with van der Waals surface area (Å²) in [6, 6.07) is 0. The molecule has 2 heteroatoms. The van der Waals surface area contributed by atoms with Crippen molar-refractivity contribution in [1.29, 1.82) is 0 Å². The zero-order valence-corrected chi connectivity index (χ0v) is 5.62. The van der Waals surface area contributed by atoms with E-state index in [9.17, 15) is 0 Å². The highest BCUT2D eigenvalue weighted by Gasteiger charge is 2.11. The molecule has 2 heterocycles. The minimum Gasteiger partial charge on any atom is -0.333 e. The molecule has 0 amide bonds. The van der Waals surface area contributed by atoms with Crippen LogP contribution in [0.2, 0.25) is 0 Å². The first-order valence-corrected chi connectivity index (χ1v) is 3.33. The molecule has 10 heavy (non-hydrogen) atoms. The Labute approximate surface area is 60.6 Å². The van der Waals surface area contributed by atoms with Gasteiger partial charge in [0, 0.05) is 19.2 Å². The van der Waals surface area contributed by atoms with Crippen LogP contribution in [0.15, 0.2) is 29.4 Å². The van der Waals surface area contributed by atoms with Gasteiger partial charge in [0.1, 0.15) is 5.84 Å². The first-order valence-electron chi connectivity index (χ1n) is 3.33. The summed E-state index contributed by atoms with van der Waals surface area (Å²) in [6.07, 6.45) is 11.2. The normalized spacial score (nSPS) is 22.4. The highest BCUT2D eigenvalue weighted by molar-refractivity contribution is 5.95. The lowest BCUT2D eigenvalue weighted by atomic mass is 10.2. The molecule has 0 aliphatic carbocycles. The second kappa shape index (κ2) is 2.29. The number of hydrogen-bond acceptors (Lipinski definition) is 2. The first kappa shape index (κ1) is 5.71. The van der Waals surface area contributed by atoms with E-state index < -0.39 is 0 Å². The summed E-state index contributed by atoms with van der Waals surface area (Å²) in [5.41, 5.74) is 0. The summed E-state index contributed by atoms with van der Waals surface area (Å²) < 4.78 is 0. The summed E-state index contributed by atoms with van der Waals surface area (Å²) >= 11 is 0. The van der Waals surface area contributed by atoms with Gasteiger partial charge in [-0.25, -0.2) is 0 Å². The van der Waals surface area contributed by atoms with Gasteiger partial charge in [-0.05, 0) is 12.2 Å². The van der Waals surface area contributed by atoms with Gasteiger partial charge in [0.25, 0.3) is 0 Å². The Morgan fingerprint density at radius 1 is 1.50 bits per heavy atom. The van der Waals surface area contributed by atoms with Crippen molar-refractivity contribution in [3.63, 3.8) is 0 Å². The largest absolute Gasteiger partial charge is 0.333 e. The monoisotopic (exact) mass is 132 g/mol. The summed E-state index contributed by atoms with van der Waals surface area (Å²) in [4.78, 5) is 6.32. The third-order valence-electron chi connectivity index (χ3n) is 1.55. The SMILES string of the molecule is [C]1CN=C2C=CC=CN2C1. The molecule has 2 rings (SSSR count). The molecule has 0 N–H and O–H groups in total. The van der Waals surface area contributed by atoms with Crippen LogP contribution in [0, 0.1) is 6.42 Å². The zero-order valence-electron chi connectivity index (χ0n) is 5.62. The minimum atomic E-state index is 0.740. The third kappa shape index (κ3) is 0.856. The molecule has 2 nitrogen and oxygen atoms in total. The number of aliphatic imine (C=N–C) groups is 1. The molecular weight excluding hydrogens is 124 g/mol. The molecule has 50 valence electrons. The van der Waals surface area contributed by atoms with Gasteiger partial charge in [-0.1, -0.05) is 6.08 Å². The summed E-state index contributed by atoms with van der Waals surface area (Å²) in [5.74, 6) is 1.06. The Kier molecular flexibility index (Phi) is 1.31. The zero-order chi connectivity index (χ0) is 6.81. The highest BCUT2D eigenvalue weighted by atomic mass is 15.2. The van der Waals surface area contributed by atoms with Crippen LogP contribution < -0.4 is 0 Å². The van der Waals surface area contributed by atoms with Crippen molar-refractivity contribution in [2.24, 2.45) is 4.99 Å². The second-order valence-electron chi connectivity index (χ2n) is 2.25. The van der Waals surface area contributed by atoms with Crippen LogP contribution in [0.3, 0.4) is 0 Å². The van der Waals surface area contributed by atoms with Crippen LogP contribution in [0.5, 0.6) is 0 Å². The Morgan fingerprint density at radius 3 is 3.40 bits per heavy atom. The Hall–Kier alpha value is -1.05. The third-order valence-corrected chi connectivity index (χ3v) is 1.55. The van der Waals surface area contributed by atoms with Crippen LogP contribution in [0.4, 0.5) is 0 Å². The Balaban J connectivity index is 2.27. The smallest absolute Gasteiger partial charge is 0.127 e. The molecule has 2 aliphatic rings.